The summed E-state index contributed by atoms with van der Waals surface area (Å²) in [6, 6.07) is 5.89. The predicted molar refractivity (Wildman–Crippen MR) is 60.2 cm³/mol. The largest absolute Gasteiger partial charge is 0.291 e. The van der Waals surface area contributed by atoms with Gasteiger partial charge < -0.3 is 0 Å². The minimum absolute atomic E-state index is 0.322. The summed E-state index contributed by atoms with van der Waals surface area (Å²) >= 11 is 3.40. The van der Waals surface area contributed by atoms with E-state index in [9.17, 15) is 4.79 Å². The summed E-state index contributed by atoms with van der Waals surface area (Å²) in [4.78, 5) is 10.8. The van der Waals surface area contributed by atoms with E-state index >= 15 is 0 Å². The molecule has 1 amide bonds. The molecule has 0 fully saturated rings. The second-order valence-corrected chi connectivity index (χ2v) is 3.72. The fraction of sp³-hybridized carbons (Fsp3) is 0.100. The number of nitrogens with two attached hydrogens (primary N) is 1. The topological polar surface area (TPSA) is 55.1 Å². The molecule has 0 saturated carbocycles. The molecule has 1 aromatic carbocycles. The molecule has 14 heavy (non-hydrogen) atoms. The quantitative estimate of drug-likeness (QED) is 0.366. The Hall–Kier alpha value is -1.13. The third-order valence-electron chi connectivity index (χ3n) is 1.71. The van der Waals surface area contributed by atoms with E-state index in [1.54, 1.807) is 6.08 Å². The number of benzene rings is 1. The summed E-state index contributed by atoms with van der Waals surface area (Å²) in [6.07, 6.45) is 3.08. The second-order valence-electron chi connectivity index (χ2n) is 2.87. The number of hydrazine groups is 1. The first-order valence-electron chi connectivity index (χ1n) is 4.08. The maximum Gasteiger partial charge on any atom is 0.257 e. The van der Waals surface area contributed by atoms with E-state index in [2.05, 4.69) is 15.9 Å². The summed E-state index contributed by atoms with van der Waals surface area (Å²) in [5, 5.41) is 0. The van der Waals surface area contributed by atoms with Crippen molar-refractivity contribution in [2.45, 2.75) is 6.92 Å². The average Bonchev–Trinajstić information content (AvgIpc) is 2.16. The molecular formula is C10H11BrN2O. The Balaban J connectivity index is 2.87. The van der Waals surface area contributed by atoms with E-state index in [-0.39, 0.29) is 5.91 Å². The van der Waals surface area contributed by atoms with Crippen molar-refractivity contribution in [1.82, 2.24) is 5.43 Å². The van der Waals surface area contributed by atoms with Gasteiger partial charge in [0.15, 0.2) is 0 Å². The normalized spacial score (nSPS) is 10.5. The lowest BCUT2D eigenvalue weighted by atomic mass is 10.1. The van der Waals surface area contributed by atoms with Crippen LogP contribution in [0.15, 0.2) is 28.7 Å². The van der Waals surface area contributed by atoms with Gasteiger partial charge in [-0.25, -0.2) is 5.84 Å². The molecule has 1 rings (SSSR count). The van der Waals surface area contributed by atoms with Crippen molar-refractivity contribution >= 4 is 27.9 Å². The fourth-order valence-electron chi connectivity index (χ4n) is 0.981. The van der Waals surface area contributed by atoms with E-state index in [1.807, 2.05) is 30.5 Å². The number of amides is 1. The molecule has 4 heteroatoms. The van der Waals surface area contributed by atoms with Gasteiger partial charge in [-0.3, -0.25) is 10.2 Å². The third-order valence-corrected chi connectivity index (χ3v) is 2.40. The summed E-state index contributed by atoms with van der Waals surface area (Å²) in [6.45, 7) is 2.00. The molecule has 0 aliphatic heterocycles. The third kappa shape index (κ3) is 2.97. The Labute approximate surface area is 91.1 Å². The van der Waals surface area contributed by atoms with Crippen LogP contribution in [0.3, 0.4) is 0 Å². The number of aryl methyl sites for hydroxylation is 1. The predicted octanol–water partition coefficient (Wildman–Crippen LogP) is 1.76. The lowest BCUT2D eigenvalue weighted by Gasteiger charge is -1.99. The van der Waals surface area contributed by atoms with Gasteiger partial charge in [-0.15, -0.1) is 0 Å². The van der Waals surface area contributed by atoms with Crippen LogP contribution >= 0.6 is 15.9 Å². The molecule has 74 valence electrons. The molecule has 0 atom stereocenters. The number of hydrogen-bond donors (Lipinski definition) is 2. The van der Waals surface area contributed by atoms with Crippen molar-refractivity contribution < 1.29 is 4.79 Å². The van der Waals surface area contributed by atoms with E-state index in [0.717, 1.165) is 15.6 Å². The molecule has 0 bridgehead atoms. The number of halogens is 1. The van der Waals surface area contributed by atoms with E-state index < -0.39 is 0 Å². The van der Waals surface area contributed by atoms with E-state index in [4.69, 9.17) is 5.84 Å². The molecule has 3 N–H and O–H groups in total. The van der Waals surface area contributed by atoms with Gasteiger partial charge in [0.05, 0.1) is 0 Å². The molecule has 3 nitrogen and oxygen atoms in total. The van der Waals surface area contributed by atoms with Crippen molar-refractivity contribution in [1.29, 1.82) is 0 Å². The maximum absolute atomic E-state index is 10.8. The zero-order valence-corrected chi connectivity index (χ0v) is 9.34. The smallest absolute Gasteiger partial charge is 0.257 e. The van der Waals surface area contributed by atoms with Crippen LogP contribution in [0.1, 0.15) is 11.1 Å². The minimum Gasteiger partial charge on any atom is -0.291 e. The van der Waals surface area contributed by atoms with Crippen LogP contribution in [-0.2, 0) is 4.79 Å². The maximum atomic E-state index is 10.8. The van der Waals surface area contributed by atoms with Gasteiger partial charge in [-0.2, -0.15) is 0 Å². The molecule has 0 aromatic heterocycles. The summed E-state index contributed by atoms with van der Waals surface area (Å²) in [7, 11) is 0. The highest BCUT2D eigenvalue weighted by Gasteiger charge is 1.96. The molecule has 0 radical (unpaired) electrons. The van der Waals surface area contributed by atoms with Crippen molar-refractivity contribution in [3.8, 4) is 0 Å². The van der Waals surface area contributed by atoms with Gasteiger partial charge >= 0.3 is 0 Å². The van der Waals surface area contributed by atoms with E-state index in [1.165, 1.54) is 6.08 Å². The number of carbonyl (C=O) groups excluding carboxylic acids is 1. The number of carbonyl (C=O) groups is 1. The zero-order chi connectivity index (χ0) is 10.6. The Morgan fingerprint density at radius 2 is 2.29 bits per heavy atom. The van der Waals surface area contributed by atoms with Crippen LogP contribution in [0.5, 0.6) is 0 Å². The molecule has 0 saturated heterocycles. The molecule has 0 unspecified atom stereocenters. The molecule has 0 aliphatic rings. The highest BCUT2D eigenvalue weighted by Crippen LogP contribution is 2.19. The van der Waals surface area contributed by atoms with Crippen molar-refractivity contribution in [3.05, 3.63) is 39.9 Å². The number of nitrogens with one attached hydrogen (secondary N) is 1. The highest BCUT2D eigenvalue weighted by molar-refractivity contribution is 9.10. The summed E-state index contributed by atoms with van der Waals surface area (Å²) < 4.78 is 0.957. The van der Waals surface area contributed by atoms with Crippen LogP contribution in [0, 0.1) is 6.92 Å². The van der Waals surface area contributed by atoms with Gasteiger partial charge in [-0.05, 0) is 30.2 Å². The monoisotopic (exact) mass is 254 g/mol. The molecule has 0 spiro atoms. The minimum atomic E-state index is -0.322. The molecule has 0 heterocycles. The number of hydrogen-bond acceptors (Lipinski definition) is 2. The molecule has 0 aliphatic carbocycles. The van der Waals surface area contributed by atoms with Gasteiger partial charge in [-0.1, -0.05) is 28.1 Å². The van der Waals surface area contributed by atoms with Crippen molar-refractivity contribution in [2.75, 3.05) is 0 Å². The SMILES string of the molecule is Cc1ccc(/C=C/C(=O)NN)c(Br)c1. The first kappa shape index (κ1) is 10.9. The Kier molecular flexibility index (Phi) is 3.85. The summed E-state index contributed by atoms with van der Waals surface area (Å²) in [5.41, 5.74) is 4.13. The van der Waals surface area contributed by atoms with Gasteiger partial charge in [0.1, 0.15) is 0 Å². The Morgan fingerprint density at radius 1 is 1.57 bits per heavy atom. The van der Waals surface area contributed by atoms with Crippen molar-refractivity contribution in [3.63, 3.8) is 0 Å². The van der Waals surface area contributed by atoms with Crippen LogP contribution in [0.2, 0.25) is 0 Å². The first-order valence-corrected chi connectivity index (χ1v) is 4.87. The summed E-state index contributed by atoms with van der Waals surface area (Å²) in [5.74, 6) is 4.61. The van der Waals surface area contributed by atoms with E-state index in [0.29, 0.717) is 0 Å². The molecule has 1 aromatic rings. The van der Waals surface area contributed by atoms with Crippen molar-refractivity contribution in [2.24, 2.45) is 5.84 Å². The zero-order valence-electron chi connectivity index (χ0n) is 7.75. The lowest BCUT2D eigenvalue weighted by Crippen LogP contribution is -2.27. The number of rotatable bonds is 2. The average molecular weight is 255 g/mol. The van der Waals surface area contributed by atoms with Crippen LogP contribution in [0.25, 0.3) is 6.08 Å². The fourth-order valence-corrected chi connectivity index (χ4v) is 1.61. The first-order chi connectivity index (χ1) is 6.63. The standard InChI is InChI=1S/C10H11BrN2O/c1-7-2-3-8(9(11)6-7)4-5-10(14)13-12/h2-6H,12H2,1H3,(H,13,14)/b5-4+. The lowest BCUT2D eigenvalue weighted by molar-refractivity contribution is -0.116. The van der Waals surface area contributed by atoms with Gasteiger partial charge in [0.25, 0.3) is 5.91 Å². The van der Waals surface area contributed by atoms with Crippen LogP contribution in [-0.4, -0.2) is 5.91 Å². The molecular weight excluding hydrogens is 244 g/mol. The van der Waals surface area contributed by atoms with Gasteiger partial charge in [0.2, 0.25) is 0 Å². The Morgan fingerprint density at radius 3 is 2.86 bits per heavy atom. The van der Waals surface area contributed by atoms with Gasteiger partial charge in [0, 0.05) is 10.5 Å². The second kappa shape index (κ2) is 4.93. The highest BCUT2D eigenvalue weighted by atomic mass is 79.9. The Bertz CT molecular complexity index is 374. The van der Waals surface area contributed by atoms with Crippen LogP contribution < -0.4 is 11.3 Å². The van der Waals surface area contributed by atoms with Crippen LogP contribution in [0.4, 0.5) is 0 Å².